The zero-order valence-corrected chi connectivity index (χ0v) is 11.4. The van der Waals surface area contributed by atoms with E-state index in [2.05, 4.69) is 5.32 Å². The van der Waals surface area contributed by atoms with Gasteiger partial charge in [-0.05, 0) is 31.0 Å². The molecular formula is C15H23NO3. The van der Waals surface area contributed by atoms with E-state index in [1.165, 1.54) is 6.42 Å². The highest BCUT2D eigenvalue weighted by Gasteiger charge is 2.21. The van der Waals surface area contributed by atoms with Crippen molar-refractivity contribution in [2.45, 2.75) is 50.8 Å². The molecule has 1 aliphatic rings. The summed E-state index contributed by atoms with van der Waals surface area (Å²) in [7, 11) is 1.61. The Morgan fingerprint density at radius 1 is 1.26 bits per heavy atom. The fourth-order valence-corrected chi connectivity index (χ4v) is 2.60. The molecule has 0 heterocycles. The summed E-state index contributed by atoms with van der Waals surface area (Å²) in [5.41, 5.74) is 0.802. The molecule has 0 bridgehead atoms. The zero-order valence-electron chi connectivity index (χ0n) is 11.4. The van der Waals surface area contributed by atoms with E-state index in [1.54, 1.807) is 19.2 Å². The highest BCUT2D eigenvalue weighted by Crippen LogP contribution is 2.24. The molecule has 0 amide bonds. The van der Waals surface area contributed by atoms with Gasteiger partial charge in [0, 0.05) is 18.2 Å². The number of rotatable bonds is 4. The summed E-state index contributed by atoms with van der Waals surface area (Å²) < 4.78 is 5.15. The maximum absolute atomic E-state index is 10.0. The summed E-state index contributed by atoms with van der Waals surface area (Å²) in [5.74, 6) is 0.993. The molecule has 3 N–H and O–H groups in total. The Bertz CT molecular complexity index is 408. The molecule has 0 aromatic heterocycles. The van der Waals surface area contributed by atoms with E-state index < -0.39 is 0 Å². The summed E-state index contributed by atoms with van der Waals surface area (Å²) in [4.78, 5) is 0. The molecule has 1 fully saturated rings. The monoisotopic (exact) mass is 265 g/mol. The third kappa shape index (κ3) is 3.85. The van der Waals surface area contributed by atoms with Crippen LogP contribution in [0.1, 0.15) is 37.7 Å². The van der Waals surface area contributed by atoms with Gasteiger partial charge in [-0.2, -0.15) is 0 Å². The Morgan fingerprint density at radius 2 is 2.05 bits per heavy atom. The van der Waals surface area contributed by atoms with Crippen LogP contribution in [0.3, 0.4) is 0 Å². The van der Waals surface area contributed by atoms with Gasteiger partial charge in [0.05, 0.1) is 13.2 Å². The third-order valence-electron chi connectivity index (χ3n) is 3.82. The van der Waals surface area contributed by atoms with Crippen LogP contribution < -0.4 is 10.1 Å². The smallest absolute Gasteiger partial charge is 0.120 e. The summed E-state index contributed by atoms with van der Waals surface area (Å²) in [6.45, 7) is 0.546. The number of nitrogens with one attached hydrogen (secondary N) is 1. The minimum atomic E-state index is -0.282. The van der Waals surface area contributed by atoms with Gasteiger partial charge in [-0.25, -0.2) is 0 Å². The molecule has 1 saturated carbocycles. The van der Waals surface area contributed by atoms with Gasteiger partial charge in [-0.1, -0.05) is 19.3 Å². The van der Waals surface area contributed by atoms with E-state index in [1.807, 2.05) is 6.07 Å². The summed E-state index contributed by atoms with van der Waals surface area (Å²) in [6.07, 6.45) is 5.02. The molecule has 4 heteroatoms. The predicted octanol–water partition coefficient (Wildman–Crippen LogP) is 2.18. The molecule has 2 rings (SSSR count). The quantitative estimate of drug-likeness (QED) is 0.730. The fraction of sp³-hybridized carbons (Fsp3) is 0.600. The SMILES string of the molecule is COc1ccc(O)c(CNC2CCCCCC2O)c1. The van der Waals surface area contributed by atoms with Crippen LogP contribution in [0, 0.1) is 0 Å². The number of aliphatic hydroxyl groups is 1. The molecule has 4 nitrogen and oxygen atoms in total. The van der Waals surface area contributed by atoms with Crippen molar-refractivity contribution in [3.8, 4) is 11.5 Å². The first-order valence-corrected chi connectivity index (χ1v) is 6.98. The van der Waals surface area contributed by atoms with Crippen LogP contribution in [0.5, 0.6) is 11.5 Å². The lowest BCUT2D eigenvalue weighted by Gasteiger charge is -2.22. The molecule has 1 aliphatic carbocycles. The Hall–Kier alpha value is -1.26. The molecule has 0 saturated heterocycles. The highest BCUT2D eigenvalue weighted by molar-refractivity contribution is 5.39. The number of aromatic hydroxyl groups is 1. The molecule has 1 aromatic carbocycles. The van der Waals surface area contributed by atoms with E-state index in [0.29, 0.717) is 6.54 Å². The van der Waals surface area contributed by atoms with Gasteiger partial charge in [0.25, 0.3) is 0 Å². The summed E-state index contributed by atoms with van der Waals surface area (Å²) >= 11 is 0. The Labute approximate surface area is 114 Å². The minimum Gasteiger partial charge on any atom is -0.508 e. The van der Waals surface area contributed by atoms with Crippen molar-refractivity contribution in [1.29, 1.82) is 0 Å². The molecular weight excluding hydrogens is 242 g/mol. The maximum atomic E-state index is 10.0. The lowest BCUT2D eigenvalue weighted by atomic mass is 10.1. The van der Waals surface area contributed by atoms with Gasteiger partial charge in [0.1, 0.15) is 11.5 Å². The van der Waals surface area contributed by atoms with Crippen molar-refractivity contribution >= 4 is 0 Å². The molecule has 2 atom stereocenters. The molecule has 0 spiro atoms. The number of phenols is 1. The molecule has 106 valence electrons. The largest absolute Gasteiger partial charge is 0.508 e. The van der Waals surface area contributed by atoms with Gasteiger partial charge < -0.3 is 20.3 Å². The molecule has 0 radical (unpaired) electrons. The van der Waals surface area contributed by atoms with Crippen molar-refractivity contribution in [3.63, 3.8) is 0 Å². The summed E-state index contributed by atoms with van der Waals surface area (Å²) in [6, 6.07) is 5.32. The summed E-state index contributed by atoms with van der Waals surface area (Å²) in [5, 5.41) is 23.2. The van der Waals surface area contributed by atoms with Crippen LogP contribution in [0.15, 0.2) is 18.2 Å². The van der Waals surface area contributed by atoms with Gasteiger partial charge in [0.15, 0.2) is 0 Å². The first-order chi connectivity index (χ1) is 9.20. The molecule has 1 aromatic rings. The average Bonchev–Trinajstić information content (AvgIpc) is 2.63. The second-order valence-electron chi connectivity index (χ2n) is 5.19. The van der Waals surface area contributed by atoms with Crippen molar-refractivity contribution in [2.75, 3.05) is 7.11 Å². The second-order valence-corrected chi connectivity index (χ2v) is 5.19. The Morgan fingerprint density at radius 3 is 2.84 bits per heavy atom. The topological polar surface area (TPSA) is 61.7 Å². The number of ether oxygens (including phenoxy) is 1. The number of aliphatic hydroxyl groups excluding tert-OH is 1. The van der Waals surface area contributed by atoms with Crippen molar-refractivity contribution in [1.82, 2.24) is 5.32 Å². The average molecular weight is 265 g/mol. The number of benzene rings is 1. The van der Waals surface area contributed by atoms with Crippen molar-refractivity contribution in [3.05, 3.63) is 23.8 Å². The van der Waals surface area contributed by atoms with Crippen LogP contribution in [0.25, 0.3) is 0 Å². The van der Waals surface area contributed by atoms with Gasteiger partial charge in [-0.15, -0.1) is 0 Å². The molecule has 2 unspecified atom stereocenters. The van der Waals surface area contributed by atoms with E-state index in [0.717, 1.165) is 37.0 Å². The number of phenolic OH excluding ortho intramolecular Hbond substituents is 1. The van der Waals surface area contributed by atoms with Gasteiger partial charge in [-0.3, -0.25) is 0 Å². The van der Waals surface area contributed by atoms with Crippen LogP contribution in [0.4, 0.5) is 0 Å². The standard InChI is InChI=1S/C15H23NO3/c1-19-12-7-8-14(17)11(9-12)10-16-13-5-3-2-4-6-15(13)18/h7-9,13,15-18H,2-6,10H2,1H3. The first-order valence-electron chi connectivity index (χ1n) is 6.98. The van der Waals surface area contributed by atoms with Gasteiger partial charge in [0.2, 0.25) is 0 Å². The molecule has 19 heavy (non-hydrogen) atoms. The third-order valence-corrected chi connectivity index (χ3v) is 3.82. The van der Waals surface area contributed by atoms with Crippen LogP contribution in [0.2, 0.25) is 0 Å². The zero-order chi connectivity index (χ0) is 13.7. The van der Waals surface area contributed by atoms with E-state index in [9.17, 15) is 10.2 Å². The van der Waals surface area contributed by atoms with Crippen LogP contribution in [-0.2, 0) is 6.54 Å². The predicted molar refractivity (Wildman–Crippen MR) is 74.4 cm³/mol. The second kappa shape index (κ2) is 6.78. The minimum absolute atomic E-state index is 0.119. The normalized spacial score (nSPS) is 23.9. The number of hydrogen-bond acceptors (Lipinski definition) is 4. The highest BCUT2D eigenvalue weighted by atomic mass is 16.5. The maximum Gasteiger partial charge on any atom is 0.120 e. The fourth-order valence-electron chi connectivity index (χ4n) is 2.60. The van der Waals surface area contributed by atoms with E-state index in [4.69, 9.17) is 4.74 Å². The lowest BCUT2D eigenvalue weighted by Crippen LogP contribution is -2.38. The molecule has 0 aliphatic heterocycles. The Balaban J connectivity index is 1.97. The van der Waals surface area contributed by atoms with Crippen molar-refractivity contribution < 1.29 is 14.9 Å². The Kier molecular flexibility index (Phi) is 5.05. The lowest BCUT2D eigenvalue weighted by molar-refractivity contribution is 0.119. The first kappa shape index (κ1) is 14.2. The van der Waals surface area contributed by atoms with Gasteiger partial charge >= 0.3 is 0 Å². The van der Waals surface area contributed by atoms with E-state index in [-0.39, 0.29) is 17.9 Å². The number of methoxy groups -OCH3 is 1. The van der Waals surface area contributed by atoms with E-state index >= 15 is 0 Å². The van der Waals surface area contributed by atoms with Crippen LogP contribution in [-0.4, -0.2) is 29.5 Å². The van der Waals surface area contributed by atoms with Crippen molar-refractivity contribution in [2.24, 2.45) is 0 Å². The van der Waals surface area contributed by atoms with Crippen LogP contribution >= 0.6 is 0 Å². The number of hydrogen-bond donors (Lipinski definition) is 3.